The van der Waals surface area contributed by atoms with E-state index in [1.807, 2.05) is 0 Å². The fourth-order valence-electron chi connectivity index (χ4n) is 2.05. The SMILES string of the molecule is C[C@H](NC(=O)[C@H](CS)NC(=O)[C@H](CS)NC(=O)[C@@H](NC(=O)[C@@H](N)CS)[C@@H](C)O)C(=O)O. The predicted molar refractivity (Wildman–Crippen MR) is 122 cm³/mol. The number of carbonyl (C=O) groups is 5. The summed E-state index contributed by atoms with van der Waals surface area (Å²) >= 11 is 11.9. The summed E-state index contributed by atoms with van der Waals surface area (Å²) in [5.41, 5.74) is 5.53. The fraction of sp³-hybridized carbons (Fsp3) is 0.688. The number of carboxylic acids is 1. The zero-order valence-electron chi connectivity index (χ0n) is 16.9. The largest absolute Gasteiger partial charge is 0.480 e. The number of nitrogens with one attached hydrogen (secondary N) is 4. The van der Waals surface area contributed by atoms with Crippen molar-refractivity contribution in [1.29, 1.82) is 0 Å². The number of aliphatic hydroxyl groups excluding tert-OH is 1. The van der Waals surface area contributed by atoms with Gasteiger partial charge >= 0.3 is 5.97 Å². The number of carbonyl (C=O) groups excluding carboxylic acids is 4. The maximum atomic E-state index is 12.5. The molecule has 6 atom stereocenters. The lowest BCUT2D eigenvalue weighted by Gasteiger charge is -2.26. The second-order valence-electron chi connectivity index (χ2n) is 6.57. The summed E-state index contributed by atoms with van der Waals surface area (Å²) in [6.07, 6.45) is -1.31. The van der Waals surface area contributed by atoms with Crippen molar-refractivity contribution >= 4 is 67.5 Å². The minimum atomic E-state index is -1.41. The number of amides is 4. The normalized spacial score (nSPS) is 16.6. The summed E-state index contributed by atoms with van der Waals surface area (Å²) in [5, 5.41) is 27.8. The van der Waals surface area contributed by atoms with Gasteiger partial charge in [0, 0.05) is 17.3 Å². The van der Waals surface area contributed by atoms with Crippen LogP contribution in [0.5, 0.6) is 0 Å². The lowest BCUT2D eigenvalue weighted by atomic mass is 10.1. The second-order valence-corrected chi connectivity index (χ2v) is 7.67. The number of thiol groups is 3. The van der Waals surface area contributed by atoms with Gasteiger partial charge in [-0.2, -0.15) is 37.9 Å². The topological polar surface area (TPSA) is 200 Å². The van der Waals surface area contributed by atoms with Crippen LogP contribution in [0.25, 0.3) is 0 Å². The Kier molecular flexibility index (Phi) is 13.6. The third-order valence-corrected chi connectivity index (χ3v) is 5.08. The first-order valence-electron chi connectivity index (χ1n) is 9.10. The standard InChI is InChI=1S/C16H29N5O7S3/c1-6(16(27)28)18-13(24)9(4-30)19-14(25)10(5-31)20-15(26)11(7(2)22)21-12(23)8(17)3-29/h6-11,22,29-31H,3-5,17H2,1-2H3,(H,18,24)(H,19,25)(H,20,26)(H,21,23)(H,27,28)/t6-,7+,8-,9-,10-,11-/m0/s1. The number of hydrogen-bond acceptors (Lipinski definition) is 10. The molecule has 0 spiro atoms. The Bertz CT molecular complexity index is 668. The third kappa shape index (κ3) is 9.99. The van der Waals surface area contributed by atoms with Crippen molar-refractivity contribution in [3.05, 3.63) is 0 Å². The maximum Gasteiger partial charge on any atom is 0.325 e. The molecule has 0 saturated heterocycles. The van der Waals surface area contributed by atoms with Gasteiger partial charge in [0.25, 0.3) is 0 Å². The fourth-order valence-corrected chi connectivity index (χ4v) is 2.73. The molecule has 31 heavy (non-hydrogen) atoms. The zero-order chi connectivity index (χ0) is 24.3. The average molecular weight is 500 g/mol. The molecule has 0 aromatic carbocycles. The van der Waals surface area contributed by atoms with Crippen molar-refractivity contribution in [2.45, 2.75) is 50.2 Å². The molecular formula is C16H29N5O7S3. The van der Waals surface area contributed by atoms with Gasteiger partial charge in [0.05, 0.1) is 12.1 Å². The molecule has 8 N–H and O–H groups in total. The van der Waals surface area contributed by atoms with Gasteiger partial charge in [0.15, 0.2) is 0 Å². The van der Waals surface area contributed by atoms with Crippen LogP contribution in [-0.4, -0.2) is 93.4 Å². The highest BCUT2D eigenvalue weighted by atomic mass is 32.1. The molecule has 0 unspecified atom stereocenters. The number of carboxylic acid groups (broad SMARTS) is 1. The van der Waals surface area contributed by atoms with Crippen LogP contribution in [0.4, 0.5) is 0 Å². The highest BCUT2D eigenvalue weighted by Gasteiger charge is 2.32. The Hall–Kier alpha value is -1.68. The molecule has 4 amide bonds. The van der Waals surface area contributed by atoms with Crippen molar-refractivity contribution in [2.24, 2.45) is 5.73 Å². The summed E-state index contributed by atoms with van der Waals surface area (Å²) in [5.74, 6) is -4.76. The van der Waals surface area contributed by atoms with E-state index >= 15 is 0 Å². The van der Waals surface area contributed by atoms with Crippen LogP contribution < -0.4 is 27.0 Å². The van der Waals surface area contributed by atoms with Crippen molar-refractivity contribution < 1.29 is 34.2 Å². The molecule has 0 heterocycles. The lowest BCUT2D eigenvalue weighted by Crippen LogP contribution is -2.61. The molecule has 0 rings (SSSR count). The van der Waals surface area contributed by atoms with Crippen LogP contribution in [0.2, 0.25) is 0 Å². The van der Waals surface area contributed by atoms with E-state index in [-0.39, 0.29) is 17.3 Å². The number of aliphatic carboxylic acids is 1. The van der Waals surface area contributed by atoms with E-state index in [2.05, 4.69) is 59.2 Å². The van der Waals surface area contributed by atoms with Crippen molar-refractivity contribution in [1.82, 2.24) is 21.3 Å². The summed E-state index contributed by atoms with van der Waals surface area (Å²) < 4.78 is 0. The van der Waals surface area contributed by atoms with E-state index < -0.39 is 65.9 Å². The first kappa shape index (κ1) is 29.3. The number of rotatable bonds is 13. The van der Waals surface area contributed by atoms with Crippen LogP contribution in [0.3, 0.4) is 0 Å². The molecule has 0 aromatic heterocycles. The molecular weight excluding hydrogens is 470 g/mol. The van der Waals surface area contributed by atoms with E-state index in [9.17, 15) is 29.1 Å². The van der Waals surface area contributed by atoms with Gasteiger partial charge in [-0.15, -0.1) is 0 Å². The first-order chi connectivity index (χ1) is 14.4. The predicted octanol–water partition coefficient (Wildman–Crippen LogP) is -3.47. The molecule has 178 valence electrons. The van der Waals surface area contributed by atoms with E-state index in [0.29, 0.717) is 0 Å². The van der Waals surface area contributed by atoms with Gasteiger partial charge in [-0.25, -0.2) is 0 Å². The Morgan fingerprint density at radius 3 is 1.61 bits per heavy atom. The van der Waals surface area contributed by atoms with Crippen molar-refractivity contribution in [2.75, 3.05) is 17.3 Å². The van der Waals surface area contributed by atoms with Crippen LogP contribution in [0.1, 0.15) is 13.8 Å². The average Bonchev–Trinajstić information content (AvgIpc) is 2.71. The van der Waals surface area contributed by atoms with E-state index in [1.54, 1.807) is 0 Å². The minimum absolute atomic E-state index is 0.00925. The maximum absolute atomic E-state index is 12.5. The molecule has 0 aromatic rings. The Morgan fingerprint density at radius 1 is 0.774 bits per heavy atom. The summed E-state index contributed by atoms with van der Waals surface area (Å²) in [6.45, 7) is 2.51. The van der Waals surface area contributed by atoms with Gasteiger partial charge in [-0.05, 0) is 13.8 Å². The molecule has 0 aliphatic rings. The van der Waals surface area contributed by atoms with Crippen LogP contribution >= 0.6 is 37.9 Å². The highest BCUT2D eigenvalue weighted by Crippen LogP contribution is 2.00. The zero-order valence-corrected chi connectivity index (χ0v) is 19.6. The van der Waals surface area contributed by atoms with Gasteiger partial charge in [-0.1, -0.05) is 0 Å². The molecule has 0 aliphatic carbocycles. The smallest absolute Gasteiger partial charge is 0.325 e. The Morgan fingerprint density at radius 2 is 1.23 bits per heavy atom. The van der Waals surface area contributed by atoms with Crippen LogP contribution in [-0.2, 0) is 24.0 Å². The Balaban J connectivity index is 5.16. The minimum Gasteiger partial charge on any atom is -0.480 e. The lowest BCUT2D eigenvalue weighted by molar-refractivity contribution is -0.141. The quantitative estimate of drug-likeness (QED) is 0.115. The summed E-state index contributed by atoms with van der Waals surface area (Å²) in [6, 6.07) is -6.03. The monoisotopic (exact) mass is 499 g/mol. The first-order valence-corrected chi connectivity index (χ1v) is 11.0. The Labute approximate surface area is 196 Å². The second kappa shape index (κ2) is 14.4. The number of aliphatic hydroxyl groups is 1. The molecule has 0 fully saturated rings. The van der Waals surface area contributed by atoms with E-state index in [0.717, 1.165) is 0 Å². The molecule has 12 nitrogen and oxygen atoms in total. The van der Waals surface area contributed by atoms with Crippen LogP contribution in [0.15, 0.2) is 0 Å². The number of hydrogen-bond donors (Lipinski definition) is 10. The van der Waals surface area contributed by atoms with Gasteiger partial charge in [-0.3, -0.25) is 24.0 Å². The molecule has 15 heteroatoms. The summed E-state index contributed by atoms with van der Waals surface area (Å²) in [7, 11) is 0. The molecule has 0 saturated carbocycles. The van der Waals surface area contributed by atoms with E-state index in [4.69, 9.17) is 10.8 Å². The van der Waals surface area contributed by atoms with Gasteiger partial charge in [0.1, 0.15) is 24.2 Å². The third-order valence-electron chi connectivity index (χ3n) is 3.96. The molecule has 0 aliphatic heterocycles. The molecule has 0 radical (unpaired) electrons. The van der Waals surface area contributed by atoms with Crippen molar-refractivity contribution in [3.63, 3.8) is 0 Å². The van der Waals surface area contributed by atoms with Gasteiger partial charge < -0.3 is 37.2 Å². The molecule has 0 bridgehead atoms. The van der Waals surface area contributed by atoms with Crippen LogP contribution in [0, 0.1) is 0 Å². The van der Waals surface area contributed by atoms with Gasteiger partial charge in [0.2, 0.25) is 23.6 Å². The van der Waals surface area contributed by atoms with E-state index in [1.165, 1.54) is 13.8 Å². The summed E-state index contributed by atoms with van der Waals surface area (Å²) in [4.78, 5) is 59.9. The number of nitrogens with two attached hydrogens (primary N) is 1. The van der Waals surface area contributed by atoms with Crippen molar-refractivity contribution in [3.8, 4) is 0 Å². The highest BCUT2D eigenvalue weighted by molar-refractivity contribution is 7.80.